The quantitative estimate of drug-likeness (QED) is 0.755. The van der Waals surface area contributed by atoms with Gasteiger partial charge in [0, 0.05) is 12.2 Å². The van der Waals surface area contributed by atoms with Gasteiger partial charge in [0.15, 0.2) is 0 Å². The number of carbonyl (C=O) groups excluding carboxylic acids is 1. The lowest BCUT2D eigenvalue weighted by molar-refractivity contribution is -0.417. The number of hydrogen-bond acceptors (Lipinski definition) is 1. The summed E-state index contributed by atoms with van der Waals surface area (Å²) in [6, 6.07) is 7.95. The molecule has 0 N–H and O–H groups in total. The van der Waals surface area contributed by atoms with Crippen molar-refractivity contribution in [1.82, 2.24) is 0 Å². The first-order chi connectivity index (χ1) is 9.28. The van der Waals surface area contributed by atoms with E-state index in [1.807, 2.05) is 54.6 Å². The van der Waals surface area contributed by atoms with E-state index in [9.17, 15) is 0 Å². The molecular weight excluding hydrogens is 236 g/mol. The van der Waals surface area contributed by atoms with Gasteiger partial charge in [0.1, 0.15) is 5.75 Å². The highest BCUT2D eigenvalue weighted by molar-refractivity contribution is 6.03. The van der Waals surface area contributed by atoms with Crippen molar-refractivity contribution in [3.63, 3.8) is 0 Å². The van der Waals surface area contributed by atoms with Gasteiger partial charge in [-0.05, 0) is 41.0 Å². The molecule has 2 rings (SSSR count). The largest absolute Gasteiger partial charge is 0.497 e. The molecule has 0 heterocycles. The average Bonchev–Trinajstić information content (AvgIpc) is 2.49. The zero-order valence-corrected chi connectivity index (χ0v) is 11.2. The van der Waals surface area contributed by atoms with Gasteiger partial charge in [0.05, 0.1) is 7.11 Å². The number of benzene rings is 1. The van der Waals surface area contributed by atoms with Crippen LogP contribution in [-0.2, 0) is 4.42 Å². The molecule has 0 atom stereocenters. The van der Waals surface area contributed by atoms with Gasteiger partial charge in [-0.1, -0.05) is 24.8 Å². The summed E-state index contributed by atoms with van der Waals surface area (Å²) < 4.78 is 10.3. The summed E-state index contributed by atoms with van der Waals surface area (Å²) in [7, 11) is 3.33. The van der Waals surface area contributed by atoms with Crippen LogP contribution in [0, 0.1) is 0 Å². The first-order valence-electron chi connectivity index (χ1n) is 6.06. The topological polar surface area (TPSA) is 20.5 Å². The van der Waals surface area contributed by atoms with Crippen LogP contribution < -0.4 is 4.74 Å². The van der Waals surface area contributed by atoms with E-state index >= 15 is 0 Å². The second-order valence-corrected chi connectivity index (χ2v) is 4.07. The molecule has 0 amide bonds. The minimum absolute atomic E-state index is 0.849. The van der Waals surface area contributed by atoms with Gasteiger partial charge in [-0.15, -0.1) is 0 Å². The highest BCUT2D eigenvalue weighted by atomic mass is 16.5. The maximum Gasteiger partial charge on any atom is 0.343 e. The monoisotopic (exact) mass is 253 g/mol. The normalized spacial score (nSPS) is 13.4. The van der Waals surface area contributed by atoms with E-state index in [4.69, 9.17) is 9.16 Å². The number of methoxy groups -OCH3 is 1. The van der Waals surface area contributed by atoms with Crippen LogP contribution in [-0.4, -0.2) is 20.0 Å². The highest BCUT2D eigenvalue weighted by Gasteiger charge is 2.09. The van der Waals surface area contributed by atoms with Gasteiger partial charge in [-0.25, -0.2) is 0 Å². The fourth-order valence-electron chi connectivity index (χ4n) is 1.94. The molecule has 1 aliphatic rings. The van der Waals surface area contributed by atoms with E-state index < -0.39 is 0 Å². The number of rotatable bonds is 3. The summed E-state index contributed by atoms with van der Waals surface area (Å²) in [5, 5.41) is 0. The Labute approximate surface area is 113 Å². The van der Waals surface area contributed by atoms with E-state index in [2.05, 4.69) is 6.58 Å². The zero-order chi connectivity index (χ0) is 13.7. The molecule has 0 saturated heterocycles. The molecule has 1 aliphatic carbocycles. The van der Waals surface area contributed by atoms with Gasteiger partial charge in [0.2, 0.25) is 0 Å². The Kier molecular flexibility index (Phi) is 4.14. The fourth-order valence-corrected chi connectivity index (χ4v) is 1.94. The van der Waals surface area contributed by atoms with Crippen molar-refractivity contribution in [1.29, 1.82) is 0 Å². The molecule has 0 bridgehead atoms. The number of ether oxygens (including phenoxy) is 1. The third-order valence-corrected chi connectivity index (χ3v) is 3.01. The van der Waals surface area contributed by atoms with Crippen molar-refractivity contribution < 1.29 is 9.16 Å². The summed E-state index contributed by atoms with van der Waals surface area (Å²) >= 11 is 0. The van der Waals surface area contributed by atoms with Crippen LogP contribution in [0.4, 0.5) is 0 Å². The molecule has 0 aromatic heterocycles. The molecule has 0 aliphatic heterocycles. The lowest BCUT2D eigenvalue weighted by Crippen LogP contribution is -1.97. The van der Waals surface area contributed by atoms with Crippen molar-refractivity contribution in [2.75, 3.05) is 14.2 Å². The van der Waals surface area contributed by atoms with E-state index in [0.29, 0.717) is 0 Å². The van der Waals surface area contributed by atoms with Crippen LogP contribution in [0.15, 0.2) is 66.8 Å². The third-order valence-electron chi connectivity index (χ3n) is 3.01. The minimum Gasteiger partial charge on any atom is -0.497 e. The van der Waals surface area contributed by atoms with Crippen LogP contribution >= 0.6 is 0 Å². The van der Waals surface area contributed by atoms with Gasteiger partial charge >= 0.3 is 5.78 Å². The van der Waals surface area contributed by atoms with Crippen molar-refractivity contribution in [3.05, 3.63) is 72.4 Å². The molecule has 19 heavy (non-hydrogen) atoms. The summed E-state index contributed by atoms with van der Waals surface area (Å²) in [4.78, 5) is 0. The van der Waals surface area contributed by atoms with E-state index in [1.54, 1.807) is 14.2 Å². The lowest BCUT2D eigenvalue weighted by Gasteiger charge is -2.08. The smallest absolute Gasteiger partial charge is 0.343 e. The Hall–Kier alpha value is -2.35. The Morgan fingerprint density at radius 2 is 1.74 bits per heavy atom. The molecule has 2 heteroatoms. The predicted molar refractivity (Wildman–Crippen MR) is 79.3 cm³/mol. The van der Waals surface area contributed by atoms with Crippen LogP contribution in [0.3, 0.4) is 0 Å². The molecule has 0 radical (unpaired) electrons. The lowest BCUT2D eigenvalue weighted by atomic mass is 9.96. The second kappa shape index (κ2) is 6.01. The Morgan fingerprint density at radius 3 is 2.21 bits per heavy atom. The molecule has 2 nitrogen and oxygen atoms in total. The first-order valence-corrected chi connectivity index (χ1v) is 6.06. The summed E-state index contributed by atoms with van der Waals surface area (Å²) in [6.07, 6.45) is 9.81. The fraction of sp³-hybridized carbons (Fsp3) is 0.118. The SMILES string of the molecule is C=CC(=C1C=CC(=[O+]C)C=C1)c1ccc(OC)cc1. The third kappa shape index (κ3) is 2.91. The Morgan fingerprint density at radius 1 is 1.11 bits per heavy atom. The van der Waals surface area contributed by atoms with Gasteiger partial charge in [-0.3, -0.25) is 4.42 Å². The molecule has 1 aromatic rings. The van der Waals surface area contributed by atoms with Gasteiger partial charge in [0.25, 0.3) is 7.11 Å². The highest BCUT2D eigenvalue weighted by Crippen LogP contribution is 2.25. The maximum absolute atomic E-state index is 5.17. The molecule has 96 valence electrons. The number of allylic oxidation sites excluding steroid dienone is 7. The predicted octanol–water partition coefficient (Wildman–Crippen LogP) is 3.50. The average molecular weight is 253 g/mol. The van der Waals surface area contributed by atoms with Crippen molar-refractivity contribution in [2.45, 2.75) is 0 Å². The van der Waals surface area contributed by atoms with Crippen LogP contribution in [0.1, 0.15) is 5.56 Å². The first kappa shape index (κ1) is 13.1. The van der Waals surface area contributed by atoms with Crippen LogP contribution in [0.5, 0.6) is 5.75 Å². The number of ketones is 1. The Balaban J connectivity index is 2.39. The summed E-state index contributed by atoms with van der Waals surface area (Å²) in [5.74, 6) is 1.70. The molecule has 0 spiro atoms. The van der Waals surface area contributed by atoms with Crippen molar-refractivity contribution in [2.24, 2.45) is 0 Å². The van der Waals surface area contributed by atoms with E-state index in [-0.39, 0.29) is 0 Å². The minimum atomic E-state index is 0.849. The second-order valence-electron chi connectivity index (χ2n) is 4.07. The zero-order valence-electron chi connectivity index (χ0n) is 11.2. The van der Waals surface area contributed by atoms with Gasteiger partial charge < -0.3 is 4.74 Å². The van der Waals surface area contributed by atoms with Crippen LogP contribution in [0.2, 0.25) is 0 Å². The molecule has 0 unspecified atom stereocenters. The van der Waals surface area contributed by atoms with E-state index in [1.165, 1.54) is 0 Å². The molecule has 0 saturated carbocycles. The van der Waals surface area contributed by atoms with Crippen molar-refractivity contribution >= 4 is 11.4 Å². The molecular formula is C17H17O2+. The standard InChI is InChI=1S/C17H17O2/c1-4-17(13-5-9-15(18-2)10-6-13)14-7-11-16(19-3)12-8-14/h4-12H,1H2,2-3H3/q+1. The van der Waals surface area contributed by atoms with Crippen molar-refractivity contribution in [3.8, 4) is 5.75 Å². The summed E-state index contributed by atoms with van der Waals surface area (Å²) in [6.45, 7) is 3.90. The van der Waals surface area contributed by atoms with Gasteiger partial charge in [-0.2, -0.15) is 0 Å². The molecule has 1 aromatic carbocycles. The number of hydrogen-bond donors (Lipinski definition) is 0. The summed E-state index contributed by atoms with van der Waals surface area (Å²) in [5.41, 5.74) is 3.31. The molecule has 0 fully saturated rings. The maximum atomic E-state index is 5.17. The van der Waals surface area contributed by atoms with E-state index in [0.717, 1.165) is 28.2 Å². The van der Waals surface area contributed by atoms with Crippen LogP contribution in [0.25, 0.3) is 5.57 Å². The Bertz CT molecular complexity index is 566.